The van der Waals surface area contributed by atoms with Crippen LogP contribution in [0.3, 0.4) is 0 Å². The Kier molecular flexibility index (Phi) is 3.69. The predicted molar refractivity (Wildman–Crippen MR) is 76.1 cm³/mol. The van der Waals surface area contributed by atoms with Crippen LogP contribution in [0, 0.1) is 5.92 Å². The summed E-state index contributed by atoms with van der Waals surface area (Å²) >= 11 is 0. The summed E-state index contributed by atoms with van der Waals surface area (Å²) in [6, 6.07) is 7.81. The van der Waals surface area contributed by atoms with Crippen LogP contribution >= 0.6 is 0 Å². The smallest absolute Gasteiger partial charge is 0.242 e. The third-order valence-electron chi connectivity index (χ3n) is 3.96. The maximum Gasteiger partial charge on any atom is 0.242 e. The first kappa shape index (κ1) is 13.1. The van der Waals surface area contributed by atoms with E-state index < -0.39 is 0 Å². The van der Waals surface area contributed by atoms with Crippen LogP contribution in [0.15, 0.2) is 30.6 Å². The van der Waals surface area contributed by atoms with Crippen molar-refractivity contribution in [1.29, 1.82) is 0 Å². The van der Waals surface area contributed by atoms with Gasteiger partial charge in [0.15, 0.2) is 0 Å². The molecular formula is C15H19N3O2. The summed E-state index contributed by atoms with van der Waals surface area (Å²) in [7, 11) is 0. The number of likely N-dealkylation sites (tertiary alicyclic amines) is 1. The van der Waals surface area contributed by atoms with Gasteiger partial charge in [-0.1, -0.05) is 12.1 Å². The van der Waals surface area contributed by atoms with Crippen molar-refractivity contribution in [2.24, 2.45) is 5.92 Å². The zero-order valence-electron chi connectivity index (χ0n) is 11.4. The number of aliphatic hydroxyl groups is 1. The summed E-state index contributed by atoms with van der Waals surface area (Å²) in [5.41, 5.74) is 1.89. The van der Waals surface area contributed by atoms with E-state index in [1.807, 2.05) is 33.7 Å². The lowest BCUT2D eigenvalue weighted by Gasteiger charge is -2.32. The zero-order chi connectivity index (χ0) is 13.9. The number of piperidine rings is 1. The number of carbonyl (C=O) groups is 1. The topological polar surface area (TPSA) is 58.4 Å². The molecule has 1 aliphatic rings. The maximum atomic E-state index is 12.4. The van der Waals surface area contributed by atoms with Gasteiger partial charge in [-0.2, -0.15) is 0 Å². The molecule has 0 spiro atoms. The highest BCUT2D eigenvalue weighted by molar-refractivity contribution is 5.80. The van der Waals surface area contributed by atoms with E-state index in [1.54, 1.807) is 6.33 Å². The molecule has 0 bridgehead atoms. The van der Waals surface area contributed by atoms with Crippen LogP contribution < -0.4 is 0 Å². The monoisotopic (exact) mass is 273 g/mol. The average Bonchev–Trinajstić information content (AvgIpc) is 2.90. The number of benzene rings is 1. The molecule has 1 aromatic heterocycles. The lowest BCUT2D eigenvalue weighted by Crippen LogP contribution is -2.42. The van der Waals surface area contributed by atoms with Crippen LogP contribution in [0.1, 0.15) is 12.8 Å². The minimum Gasteiger partial charge on any atom is -0.396 e. The van der Waals surface area contributed by atoms with Gasteiger partial charge in [-0.15, -0.1) is 0 Å². The summed E-state index contributed by atoms with van der Waals surface area (Å²) in [6.07, 6.45) is 3.70. The van der Waals surface area contributed by atoms with Gasteiger partial charge in [0.2, 0.25) is 5.91 Å². The second kappa shape index (κ2) is 5.63. The summed E-state index contributed by atoms with van der Waals surface area (Å²) in [5, 5.41) is 9.24. The SMILES string of the molecule is O=C(Cn1cnc2ccccc21)N1CCCC(CO)C1. The van der Waals surface area contributed by atoms with Crippen LogP contribution in [-0.2, 0) is 11.3 Å². The van der Waals surface area contributed by atoms with E-state index in [2.05, 4.69) is 4.98 Å². The maximum absolute atomic E-state index is 12.4. The third kappa shape index (κ3) is 2.54. The first-order valence-corrected chi connectivity index (χ1v) is 7.06. The molecule has 0 saturated carbocycles. The zero-order valence-corrected chi connectivity index (χ0v) is 11.4. The molecule has 3 rings (SSSR count). The first-order chi connectivity index (χ1) is 9.78. The first-order valence-electron chi connectivity index (χ1n) is 7.06. The number of amides is 1. The minimum atomic E-state index is 0.103. The van der Waals surface area contributed by atoms with Gasteiger partial charge in [-0.25, -0.2) is 4.98 Å². The van der Waals surface area contributed by atoms with Gasteiger partial charge in [0.1, 0.15) is 6.54 Å². The van der Waals surface area contributed by atoms with E-state index in [0.29, 0.717) is 13.1 Å². The van der Waals surface area contributed by atoms with Crippen molar-refractivity contribution in [2.45, 2.75) is 19.4 Å². The number of rotatable bonds is 3. The highest BCUT2D eigenvalue weighted by atomic mass is 16.3. The Morgan fingerprint density at radius 2 is 2.25 bits per heavy atom. The van der Waals surface area contributed by atoms with E-state index in [0.717, 1.165) is 30.4 Å². The molecule has 1 aromatic carbocycles. The molecule has 1 fully saturated rings. The summed E-state index contributed by atoms with van der Waals surface area (Å²) in [5.74, 6) is 0.332. The number of hydrogen-bond acceptors (Lipinski definition) is 3. The van der Waals surface area contributed by atoms with Gasteiger partial charge >= 0.3 is 0 Å². The number of fused-ring (bicyclic) bond motifs is 1. The summed E-state index contributed by atoms with van der Waals surface area (Å²) in [4.78, 5) is 18.5. The molecule has 5 nitrogen and oxygen atoms in total. The molecule has 20 heavy (non-hydrogen) atoms. The van der Waals surface area contributed by atoms with Crippen molar-refractivity contribution in [1.82, 2.24) is 14.5 Å². The van der Waals surface area contributed by atoms with Gasteiger partial charge in [0.25, 0.3) is 0 Å². The third-order valence-corrected chi connectivity index (χ3v) is 3.96. The number of aliphatic hydroxyl groups excluding tert-OH is 1. The molecule has 0 radical (unpaired) electrons. The van der Waals surface area contributed by atoms with E-state index in [1.165, 1.54) is 0 Å². The molecule has 5 heteroatoms. The molecule has 1 atom stereocenters. The fraction of sp³-hybridized carbons (Fsp3) is 0.467. The predicted octanol–water partition coefficient (Wildman–Crippen LogP) is 1.27. The van der Waals surface area contributed by atoms with Crippen LogP contribution in [0.4, 0.5) is 0 Å². The minimum absolute atomic E-state index is 0.103. The molecule has 1 aliphatic heterocycles. The molecule has 0 aliphatic carbocycles. The van der Waals surface area contributed by atoms with Gasteiger partial charge < -0.3 is 14.6 Å². The number of aromatic nitrogens is 2. The number of carbonyl (C=O) groups excluding carboxylic acids is 1. The Labute approximate surface area is 117 Å². The molecule has 2 aromatic rings. The lowest BCUT2D eigenvalue weighted by molar-refractivity contribution is -0.133. The van der Waals surface area contributed by atoms with E-state index >= 15 is 0 Å². The van der Waals surface area contributed by atoms with Crippen molar-refractivity contribution < 1.29 is 9.90 Å². The number of nitrogens with zero attached hydrogens (tertiary/aromatic N) is 3. The second-order valence-corrected chi connectivity index (χ2v) is 5.39. The largest absolute Gasteiger partial charge is 0.396 e. The number of hydrogen-bond donors (Lipinski definition) is 1. The average molecular weight is 273 g/mol. The van der Waals surface area contributed by atoms with Gasteiger partial charge in [0, 0.05) is 19.7 Å². The summed E-state index contributed by atoms with van der Waals surface area (Å²) in [6.45, 7) is 1.94. The van der Waals surface area contributed by atoms with Gasteiger partial charge in [-0.05, 0) is 30.9 Å². The van der Waals surface area contributed by atoms with Crippen LogP contribution in [-0.4, -0.2) is 45.2 Å². The lowest BCUT2D eigenvalue weighted by atomic mass is 9.99. The normalized spacial score (nSPS) is 19.4. The molecule has 1 N–H and O–H groups in total. The molecule has 1 unspecified atom stereocenters. The van der Waals surface area contributed by atoms with Gasteiger partial charge in [-0.3, -0.25) is 4.79 Å². The Balaban J connectivity index is 1.72. The van der Waals surface area contributed by atoms with Crippen molar-refractivity contribution in [3.8, 4) is 0 Å². The number of para-hydroxylation sites is 2. The highest BCUT2D eigenvalue weighted by Gasteiger charge is 2.23. The van der Waals surface area contributed by atoms with Crippen LogP contribution in [0.2, 0.25) is 0 Å². The Morgan fingerprint density at radius 1 is 1.40 bits per heavy atom. The Bertz CT molecular complexity index is 608. The van der Waals surface area contributed by atoms with Crippen molar-refractivity contribution in [3.63, 3.8) is 0 Å². The molecular weight excluding hydrogens is 254 g/mol. The van der Waals surface area contributed by atoms with Crippen molar-refractivity contribution in [3.05, 3.63) is 30.6 Å². The van der Waals surface area contributed by atoms with Gasteiger partial charge in [0.05, 0.1) is 17.4 Å². The Morgan fingerprint density at radius 3 is 3.10 bits per heavy atom. The van der Waals surface area contributed by atoms with E-state index in [-0.39, 0.29) is 18.4 Å². The van der Waals surface area contributed by atoms with Crippen LogP contribution in [0.25, 0.3) is 11.0 Å². The van der Waals surface area contributed by atoms with Crippen molar-refractivity contribution >= 4 is 16.9 Å². The fourth-order valence-corrected chi connectivity index (χ4v) is 2.82. The number of imidazole rings is 1. The highest BCUT2D eigenvalue weighted by Crippen LogP contribution is 2.17. The Hall–Kier alpha value is -1.88. The molecule has 2 heterocycles. The molecule has 1 saturated heterocycles. The molecule has 106 valence electrons. The summed E-state index contributed by atoms with van der Waals surface area (Å²) < 4.78 is 1.89. The van der Waals surface area contributed by atoms with E-state index in [9.17, 15) is 9.90 Å². The quantitative estimate of drug-likeness (QED) is 0.916. The molecule has 1 amide bonds. The second-order valence-electron chi connectivity index (χ2n) is 5.39. The van der Waals surface area contributed by atoms with Crippen LogP contribution in [0.5, 0.6) is 0 Å². The standard InChI is InChI=1S/C15H19N3O2/c19-10-12-4-3-7-17(8-12)15(20)9-18-11-16-13-5-1-2-6-14(13)18/h1-2,5-6,11-12,19H,3-4,7-10H2. The van der Waals surface area contributed by atoms with Crippen molar-refractivity contribution in [2.75, 3.05) is 19.7 Å². The fourth-order valence-electron chi connectivity index (χ4n) is 2.82. The van der Waals surface area contributed by atoms with E-state index in [4.69, 9.17) is 0 Å².